The molecule has 3 rings (SSSR count). The van der Waals surface area contributed by atoms with Crippen molar-refractivity contribution >= 4 is 0 Å². The SMILES string of the molecule is CC=CCCC1CCC(c2cc(F)c(-c3cc(F)c(C#CC(F)(F)F)c(F)c3)c(F)c2)CC1. The number of alkyl halides is 3. The Labute approximate surface area is 188 Å². The molecule has 0 unspecified atom stereocenters. The van der Waals surface area contributed by atoms with Gasteiger partial charge in [-0.05, 0) is 92.7 Å². The van der Waals surface area contributed by atoms with Crippen molar-refractivity contribution in [3.05, 3.63) is 70.8 Å². The number of rotatable bonds is 5. The van der Waals surface area contributed by atoms with Gasteiger partial charge in [0.05, 0.1) is 11.1 Å². The molecule has 1 saturated carbocycles. The van der Waals surface area contributed by atoms with E-state index in [0.29, 0.717) is 23.6 Å². The summed E-state index contributed by atoms with van der Waals surface area (Å²) in [6.07, 6.45) is 4.82. The first-order valence-corrected chi connectivity index (χ1v) is 10.8. The Hall–Kier alpha value is -2.75. The highest BCUT2D eigenvalue weighted by molar-refractivity contribution is 5.67. The maximum atomic E-state index is 14.8. The van der Waals surface area contributed by atoms with E-state index in [1.54, 1.807) is 0 Å². The van der Waals surface area contributed by atoms with Crippen LogP contribution in [-0.4, -0.2) is 6.18 Å². The Morgan fingerprint density at radius 2 is 1.45 bits per heavy atom. The first-order chi connectivity index (χ1) is 15.6. The van der Waals surface area contributed by atoms with Crippen LogP contribution in [0.5, 0.6) is 0 Å². The van der Waals surface area contributed by atoms with Gasteiger partial charge >= 0.3 is 6.18 Å². The van der Waals surface area contributed by atoms with E-state index in [4.69, 9.17) is 0 Å². The van der Waals surface area contributed by atoms with Crippen molar-refractivity contribution in [3.8, 4) is 23.0 Å². The van der Waals surface area contributed by atoms with Crippen LogP contribution in [0.3, 0.4) is 0 Å². The largest absolute Gasteiger partial charge is 0.458 e. The molecule has 176 valence electrons. The predicted molar refractivity (Wildman–Crippen MR) is 113 cm³/mol. The monoisotopic (exact) mass is 468 g/mol. The summed E-state index contributed by atoms with van der Waals surface area (Å²) < 4.78 is 94.7. The third-order valence-corrected chi connectivity index (χ3v) is 6.02. The Kier molecular flexibility index (Phi) is 7.88. The molecule has 0 aliphatic heterocycles. The van der Waals surface area contributed by atoms with Crippen LogP contribution in [-0.2, 0) is 0 Å². The minimum Gasteiger partial charge on any atom is -0.206 e. The second kappa shape index (κ2) is 10.5. The maximum absolute atomic E-state index is 14.8. The van der Waals surface area contributed by atoms with E-state index >= 15 is 0 Å². The van der Waals surface area contributed by atoms with Crippen LogP contribution in [0, 0.1) is 41.0 Å². The minimum atomic E-state index is -4.93. The summed E-state index contributed by atoms with van der Waals surface area (Å²) in [6.45, 7) is 1.98. The molecule has 2 aromatic carbocycles. The molecule has 1 aliphatic carbocycles. The van der Waals surface area contributed by atoms with Crippen LogP contribution in [0.4, 0.5) is 30.7 Å². The fourth-order valence-electron chi connectivity index (χ4n) is 4.36. The van der Waals surface area contributed by atoms with E-state index in [1.165, 1.54) is 18.1 Å². The number of hydrogen-bond acceptors (Lipinski definition) is 0. The lowest BCUT2D eigenvalue weighted by molar-refractivity contribution is -0.0696. The predicted octanol–water partition coefficient (Wildman–Crippen LogP) is 8.45. The quantitative estimate of drug-likeness (QED) is 0.235. The first-order valence-electron chi connectivity index (χ1n) is 10.8. The summed E-state index contributed by atoms with van der Waals surface area (Å²) in [5.74, 6) is -2.08. The highest BCUT2D eigenvalue weighted by Crippen LogP contribution is 2.39. The molecule has 0 bridgehead atoms. The molecule has 33 heavy (non-hydrogen) atoms. The standard InChI is InChI=1S/C26H23F7/c1-2-3-4-5-16-6-8-17(9-7-16)18-12-23(29)25(24(30)13-18)19-14-21(27)20(22(28)15-19)10-11-26(31,32)33/h2-3,12-17H,4-9H2,1H3. The van der Waals surface area contributed by atoms with E-state index in [0.717, 1.165) is 44.4 Å². The molecule has 1 aliphatic rings. The van der Waals surface area contributed by atoms with Crippen molar-refractivity contribution in [2.45, 2.75) is 57.5 Å². The van der Waals surface area contributed by atoms with Crippen LogP contribution in [0.25, 0.3) is 11.1 Å². The van der Waals surface area contributed by atoms with Crippen LogP contribution in [0.15, 0.2) is 36.4 Å². The van der Waals surface area contributed by atoms with Crippen LogP contribution >= 0.6 is 0 Å². The molecule has 0 heterocycles. The highest BCUT2D eigenvalue weighted by Gasteiger charge is 2.26. The molecule has 0 aromatic heterocycles. The first kappa shape index (κ1) is 24.9. The second-order valence-electron chi connectivity index (χ2n) is 8.29. The Bertz CT molecular complexity index is 1030. The summed E-state index contributed by atoms with van der Waals surface area (Å²) in [4.78, 5) is 0. The summed E-state index contributed by atoms with van der Waals surface area (Å²) >= 11 is 0. The van der Waals surface area contributed by atoms with E-state index in [9.17, 15) is 30.7 Å². The van der Waals surface area contributed by atoms with Crippen LogP contribution in [0.2, 0.25) is 0 Å². The van der Waals surface area contributed by atoms with Crippen LogP contribution in [0.1, 0.15) is 62.5 Å². The smallest absolute Gasteiger partial charge is 0.206 e. The van der Waals surface area contributed by atoms with Gasteiger partial charge in [0.25, 0.3) is 0 Å². The van der Waals surface area contributed by atoms with Gasteiger partial charge in [-0.3, -0.25) is 0 Å². The van der Waals surface area contributed by atoms with Crippen molar-refractivity contribution in [1.82, 2.24) is 0 Å². The van der Waals surface area contributed by atoms with E-state index in [-0.39, 0.29) is 5.92 Å². The van der Waals surface area contributed by atoms with Gasteiger partial charge in [0.2, 0.25) is 0 Å². The molecule has 2 aromatic rings. The Balaban J connectivity index is 1.82. The molecular weight excluding hydrogens is 445 g/mol. The normalized spacial score (nSPS) is 18.9. The van der Waals surface area contributed by atoms with E-state index < -0.39 is 46.1 Å². The molecule has 7 heteroatoms. The third-order valence-electron chi connectivity index (χ3n) is 6.02. The van der Waals surface area contributed by atoms with Gasteiger partial charge < -0.3 is 0 Å². The summed E-state index contributed by atoms with van der Waals surface area (Å²) in [6, 6.07) is 3.52. The van der Waals surface area contributed by atoms with E-state index in [2.05, 4.69) is 6.08 Å². The number of hydrogen-bond donors (Lipinski definition) is 0. The molecule has 0 atom stereocenters. The number of benzene rings is 2. The topological polar surface area (TPSA) is 0 Å². The van der Waals surface area contributed by atoms with Gasteiger partial charge in [-0.25, -0.2) is 17.6 Å². The van der Waals surface area contributed by atoms with Crippen molar-refractivity contribution < 1.29 is 30.7 Å². The molecule has 0 nitrogen and oxygen atoms in total. The number of allylic oxidation sites excluding steroid dienone is 2. The summed E-state index contributed by atoms with van der Waals surface area (Å²) in [5.41, 5.74) is -1.70. The van der Waals surface area contributed by atoms with Gasteiger partial charge in [0.1, 0.15) is 23.3 Å². The van der Waals surface area contributed by atoms with Gasteiger partial charge in [-0.1, -0.05) is 18.1 Å². The van der Waals surface area contributed by atoms with Crippen molar-refractivity contribution in [1.29, 1.82) is 0 Å². The number of halogens is 7. The molecule has 0 spiro atoms. The van der Waals surface area contributed by atoms with Gasteiger partial charge in [-0.2, -0.15) is 13.2 Å². The molecule has 1 fully saturated rings. The average molecular weight is 468 g/mol. The zero-order valence-corrected chi connectivity index (χ0v) is 18.0. The van der Waals surface area contributed by atoms with Gasteiger partial charge in [0.15, 0.2) is 0 Å². The highest BCUT2D eigenvalue weighted by atomic mass is 19.4. The molecule has 0 amide bonds. The molecule has 0 saturated heterocycles. The summed E-state index contributed by atoms with van der Waals surface area (Å²) in [5, 5.41) is 0. The Morgan fingerprint density at radius 3 is 1.97 bits per heavy atom. The zero-order chi connectivity index (χ0) is 24.2. The minimum absolute atomic E-state index is 0.00508. The molecule has 0 N–H and O–H groups in total. The van der Waals surface area contributed by atoms with E-state index in [1.807, 2.05) is 13.0 Å². The lowest BCUT2D eigenvalue weighted by atomic mass is 9.77. The van der Waals surface area contributed by atoms with Crippen molar-refractivity contribution in [2.24, 2.45) is 5.92 Å². The van der Waals surface area contributed by atoms with Crippen molar-refractivity contribution in [2.75, 3.05) is 0 Å². The van der Waals surface area contributed by atoms with Crippen LogP contribution < -0.4 is 0 Å². The molecular formula is C26H23F7. The lowest BCUT2D eigenvalue weighted by Crippen LogP contribution is -2.14. The second-order valence-corrected chi connectivity index (χ2v) is 8.29. The Morgan fingerprint density at radius 1 is 0.879 bits per heavy atom. The van der Waals surface area contributed by atoms with Gasteiger partial charge in [0, 0.05) is 5.92 Å². The fourth-order valence-corrected chi connectivity index (χ4v) is 4.36. The maximum Gasteiger partial charge on any atom is 0.458 e. The van der Waals surface area contributed by atoms with Crippen molar-refractivity contribution in [3.63, 3.8) is 0 Å². The molecule has 0 radical (unpaired) electrons. The fraction of sp³-hybridized carbons (Fsp3) is 0.385. The van der Waals surface area contributed by atoms with Gasteiger partial charge in [-0.15, -0.1) is 0 Å². The average Bonchev–Trinajstić information content (AvgIpc) is 2.72. The third kappa shape index (κ3) is 6.40. The summed E-state index contributed by atoms with van der Waals surface area (Å²) in [7, 11) is 0. The lowest BCUT2D eigenvalue weighted by Gasteiger charge is -2.29. The zero-order valence-electron chi connectivity index (χ0n) is 18.0.